The van der Waals surface area contributed by atoms with Crippen LogP contribution in [-0.2, 0) is 6.54 Å². The normalized spacial score (nSPS) is 11.8. The van der Waals surface area contributed by atoms with Crippen molar-refractivity contribution in [3.05, 3.63) is 70.2 Å². The lowest BCUT2D eigenvalue weighted by molar-refractivity contribution is 0.0931. The molecule has 2 aromatic heterocycles. The van der Waals surface area contributed by atoms with E-state index >= 15 is 0 Å². The molecule has 2 heterocycles. The zero-order valence-corrected chi connectivity index (χ0v) is 15.9. The SMILES string of the molecule is COc1ccc(C(C)NC(=O)c2cccn2Cc2cccs2)cc1OC. The number of hydrogen-bond donors (Lipinski definition) is 1. The zero-order chi connectivity index (χ0) is 18.5. The van der Waals surface area contributed by atoms with E-state index in [1.54, 1.807) is 25.6 Å². The van der Waals surface area contributed by atoms with Crippen molar-refractivity contribution < 1.29 is 14.3 Å². The standard InChI is InChI=1S/C20H22N2O3S/c1-14(15-8-9-18(24-2)19(12-15)25-3)21-20(23)17-7-4-10-22(17)13-16-6-5-11-26-16/h4-12,14H,13H2,1-3H3,(H,21,23). The Morgan fingerprint density at radius 2 is 1.96 bits per heavy atom. The van der Waals surface area contributed by atoms with Crippen LogP contribution >= 0.6 is 11.3 Å². The molecule has 1 aromatic carbocycles. The van der Waals surface area contributed by atoms with Gasteiger partial charge in [0, 0.05) is 11.1 Å². The van der Waals surface area contributed by atoms with Crippen LogP contribution in [0, 0.1) is 0 Å². The Morgan fingerprint density at radius 1 is 1.15 bits per heavy atom. The van der Waals surface area contributed by atoms with Gasteiger partial charge >= 0.3 is 0 Å². The molecular weight excluding hydrogens is 348 g/mol. The van der Waals surface area contributed by atoms with Crippen molar-refractivity contribution in [2.45, 2.75) is 19.5 Å². The molecule has 5 nitrogen and oxygen atoms in total. The van der Waals surface area contributed by atoms with Gasteiger partial charge in [0.25, 0.3) is 5.91 Å². The maximum absolute atomic E-state index is 12.7. The van der Waals surface area contributed by atoms with Crippen LogP contribution in [0.5, 0.6) is 11.5 Å². The van der Waals surface area contributed by atoms with Gasteiger partial charge in [-0.2, -0.15) is 0 Å². The first-order valence-corrected chi connectivity index (χ1v) is 9.20. The number of benzene rings is 1. The number of amides is 1. The number of methoxy groups -OCH3 is 2. The Bertz CT molecular complexity index is 871. The topological polar surface area (TPSA) is 52.5 Å². The van der Waals surface area contributed by atoms with Crippen LogP contribution in [0.1, 0.15) is 33.9 Å². The number of nitrogens with one attached hydrogen (secondary N) is 1. The molecule has 0 aliphatic carbocycles. The third-order valence-corrected chi connectivity index (χ3v) is 5.08. The molecule has 1 unspecified atom stereocenters. The van der Waals surface area contributed by atoms with Gasteiger partial charge in [-0.1, -0.05) is 12.1 Å². The second kappa shape index (κ2) is 8.10. The minimum absolute atomic E-state index is 0.103. The molecule has 6 heteroatoms. The monoisotopic (exact) mass is 370 g/mol. The Kier molecular flexibility index (Phi) is 5.63. The van der Waals surface area contributed by atoms with E-state index in [0.29, 0.717) is 23.7 Å². The van der Waals surface area contributed by atoms with Gasteiger partial charge in [0.1, 0.15) is 5.69 Å². The highest BCUT2D eigenvalue weighted by atomic mass is 32.1. The molecule has 1 N–H and O–H groups in total. The van der Waals surface area contributed by atoms with Crippen LogP contribution < -0.4 is 14.8 Å². The Morgan fingerprint density at radius 3 is 2.65 bits per heavy atom. The fraction of sp³-hybridized carbons (Fsp3) is 0.250. The number of rotatable bonds is 7. The van der Waals surface area contributed by atoms with Gasteiger partial charge in [0.05, 0.1) is 26.8 Å². The molecule has 0 saturated heterocycles. The first kappa shape index (κ1) is 18.1. The van der Waals surface area contributed by atoms with Crippen LogP contribution in [0.2, 0.25) is 0 Å². The predicted octanol–water partition coefficient (Wildman–Crippen LogP) is 4.11. The number of carbonyl (C=O) groups is 1. The van der Waals surface area contributed by atoms with E-state index in [1.165, 1.54) is 4.88 Å². The molecule has 3 aromatic rings. The lowest BCUT2D eigenvalue weighted by Crippen LogP contribution is -2.28. The fourth-order valence-electron chi connectivity index (χ4n) is 2.80. The lowest BCUT2D eigenvalue weighted by atomic mass is 10.1. The second-order valence-electron chi connectivity index (χ2n) is 5.91. The average molecular weight is 370 g/mol. The summed E-state index contributed by atoms with van der Waals surface area (Å²) in [6.07, 6.45) is 1.93. The van der Waals surface area contributed by atoms with Gasteiger partial charge in [0.15, 0.2) is 11.5 Å². The van der Waals surface area contributed by atoms with Gasteiger partial charge in [-0.05, 0) is 48.2 Å². The van der Waals surface area contributed by atoms with Crippen LogP contribution in [0.3, 0.4) is 0 Å². The third kappa shape index (κ3) is 3.91. The van der Waals surface area contributed by atoms with E-state index in [9.17, 15) is 4.79 Å². The second-order valence-corrected chi connectivity index (χ2v) is 6.94. The molecule has 0 radical (unpaired) electrons. The summed E-state index contributed by atoms with van der Waals surface area (Å²) >= 11 is 1.68. The Hall–Kier alpha value is -2.73. The van der Waals surface area contributed by atoms with E-state index in [-0.39, 0.29) is 11.9 Å². The molecule has 1 amide bonds. The van der Waals surface area contributed by atoms with Crippen LogP contribution in [-0.4, -0.2) is 24.7 Å². The van der Waals surface area contributed by atoms with Gasteiger partial charge in [-0.25, -0.2) is 0 Å². The van der Waals surface area contributed by atoms with E-state index in [1.807, 2.05) is 59.5 Å². The summed E-state index contributed by atoms with van der Waals surface area (Å²) in [6, 6.07) is 13.3. The molecule has 0 fully saturated rings. The van der Waals surface area contributed by atoms with Crippen LogP contribution in [0.25, 0.3) is 0 Å². The van der Waals surface area contributed by atoms with Crippen molar-refractivity contribution in [2.75, 3.05) is 14.2 Å². The Labute approximate surface area is 157 Å². The van der Waals surface area contributed by atoms with Crippen molar-refractivity contribution >= 4 is 17.2 Å². The molecule has 0 bridgehead atoms. The summed E-state index contributed by atoms with van der Waals surface area (Å²) in [7, 11) is 3.20. The molecule has 136 valence electrons. The van der Waals surface area contributed by atoms with E-state index in [0.717, 1.165) is 5.56 Å². The van der Waals surface area contributed by atoms with Crippen molar-refractivity contribution in [3.8, 4) is 11.5 Å². The number of ether oxygens (including phenoxy) is 2. The highest BCUT2D eigenvalue weighted by molar-refractivity contribution is 7.09. The predicted molar refractivity (Wildman–Crippen MR) is 103 cm³/mol. The largest absolute Gasteiger partial charge is 0.493 e. The molecule has 26 heavy (non-hydrogen) atoms. The van der Waals surface area contributed by atoms with Crippen LogP contribution in [0.4, 0.5) is 0 Å². The van der Waals surface area contributed by atoms with Gasteiger partial charge in [-0.15, -0.1) is 11.3 Å². The first-order chi connectivity index (χ1) is 12.6. The summed E-state index contributed by atoms with van der Waals surface area (Å²) in [5, 5.41) is 5.09. The van der Waals surface area contributed by atoms with E-state index < -0.39 is 0 Å². The van der Waals surface area contributed by atoms with E-state index in [4.69, 9.17) is 9.47 Å². The van der Waals surface area contributed by atoms with Crippen LogP contribution in [0.15, 0.2) is 54.0 Å². The maximum Gasteiger partial charge on any atom is 0.268 e. The zero-order valence-electron chi connectivity index (χ0n) is 15.1. The molecule has 0 aliphatic heterocycles. The summed E-state index contributed by atoms with van der Waals surface area (Å²) in [5.74, 6) is 1.21. The summed E-state index contributed by atoms with van der Waals surface area (Å²) in [5.41, 5.74) is 1.60. The molecule has 3 rings (SSSR count). The van der Waals surface area contributed by atoms with Gasteiger partial charge < -0.3 is 19.4 Å². The first-order valence-electron chi connectivity index (χ1n) is 8.32. The molecule has 0 spiro atoms. The molecular formula is C20H22N2O3S. The Balaban J connectivity index is 1.73. The van der Waals surface area contributed by atoms with E-state index in [2.05, 4.69) is 11.4 Å². The number of carbonyl (C=O) groups excluding carboxylic acids is 1. The molecule has 1 atom stereocenters. The van der Waals surface area contributed by atoms with Gasteiger partial charge in [-0.3, -0.25) is 4.79 Å². The number of hydrogen-bond acceptors (Lipinski definition) is 4. The average Bonchev–Trinajstić information content (AvgIpc) is 3.33. The highest BCUT2D eigenvalue weighted by Crippen LogP contribution is 2.30. The molecule has 0 saturated carbocycles. The maximum atomic E-state index is 12.7. The summed E-state index contributed by atoms with van der Waals surface area (Å²) in [4.78, 5) is 13.9. The number of thiophene rings is 1. The van der Waals surface area contributed by atoms with Crippen molar-refractivity contribution in [2.24, 2.45) is 0 Å². The number of nitrogens with zero attached hydrogens (tertiary/aromatic N) is 1. The minimum atomic E-state index is -0.160. The summed E-state index contributed by atoms with van der Waals surface area (Å²) < 4.78 is 12.6. The van der Waals surface area contributed by atoms with Gasteiger partial charge in [0.2, 0.25) is 0 Å². The lowest BCUT2D eigenvalue weighted by Gasteiger charge is -2.17. The van der Waals surface area contributed by atoms with Crippen molar-refractivity contribution in [3.63, 3.8) is 0 Å². The number of aromatic nitrogens is 1. The summed E-state index contributed by atoms with van der Waals surface area (Å²) in [6.45, 7) is 2.64. The third-order valence-electron chi connectivity index (χ3n) is 4.22. The highest BCUT2D eigenvalue weighted by Gasteiger charge is 2.16. The smallest absolute Gasteiger partial charge is 0.268 e. The molecule has 0 aliphatic rings. The van der Waals surface area contributed by atoms with Crippen molar-refractivity contribution in [1.29, 1.82) is 0 Å². The van der Waals surface area contributed by atoms with Crippen molar-refractivity contribution in [1.82, 2.24) is 9.88 Å². The quantitative estimate of drug-likeness (QED) is 0.681. The fourth-order valence-corrected chi connectivity index (χ4v) is 3.51. The minimum Gasteiger partial charge on any atom is -0.493 e.